The first-order valence-electron chi connectivity index (χ1n) is 17.1. The van der Waals surface area contributed by atoms with Crippen LogP contribution in [0.2, 0.25) is 0 Å². The number of carboxylic acid groups (broad SMARTS) is 2. The average Bonchev–Trinajstić information content (AvgIpc) is 2.94. The minimum atomic E-state index is -1.35. The molecule has 46 heavy (non-hydrogen) atoms. The van der Waals surface area contributed by atoms with Crippen molar-refractivity contribution in [2.75, 3.05) is 13.2 Å². The summed E-state index contributed by atoms with van der Waals surface area (Å²) in [6, 6.07) is -1.35. The molecule has 4 fully saturated rings. The molecule has 1 saturated heterocycles. The van der Waals surface area contributed by atoms with E-state index in [1.165, 1.54) is 12.5 Å². The predicted octanol–water partition coefficient (Wildman–Crippen LogP) is 5.22. The molecule has 0 aromatic rings. The van der Waals surface area contributed by atoms with Gasteiger partial charge in [-0.2, -0.15) is 0 Å². The molecular weight excluding hydrogens is 590 g/mol. The smallest absolute Gasteiger partial charge is 0.323 e. The van der Waals surface area contributed by atoms with Gasteiger partial charge in [-0.25, -0.2) is 0 Å². The van der Waals surface area contributed by atoms with Crippen molar-refractivity contribution in [3.63, 3.8) is 0 Å². The Balaban J connectivity index is 1.57. The Morgan fingerprint density at radius 2 is 1.67 bits per heavy atom. The Kier molecular flexibility index (Phi) is 8.79. The maximum Gasteiger partial charge on any atom is 0.323 e. The molecule has 0 aromatic carbocycles. The lowest BCUT2D eigenvalue weighted by Crippen LogP contribution is -2.70. The standard InChI is InChI=1S/C36H55NO9/c1-19(2)20(3)32(5)13-14-34(7)22-9-10-26-33(6)17-44-18-36(26,23(22)11-12-35(34,8)28(32)30(41)42)16-25(45-21(4)38)29(33)46-31(43)24(37)15-27(39)40/h11,19-20,22,24-26,28-29H,9-10,12-18,37H2,1-8H3,(H,39,40)(H,41,42)/t20?,22-,24?,25+,26-,28+,29-,32+,33+,34+,35-,36+/m0/s1. The average molecular weight is 646 g/mol. The normalized spacial score (nSPS) is 44.4. The summed E-state index contributed by atoms with van der Waals surface area (Å²) in [5, 5.41) is 20.1. The fourth-order valence-corrected chi connectivity index (χ4v) is 11.6. The van der Waals surface area contributed by atoms with Gasteiger partial charge in [-0.3, -0.25) is 19.2 Å². The van der Waals surface area contributed by atoms with E-state index in [4.69, 9.17) is 19.9 Å². The molecule has 0 spiro atoms. The number of fused-ring (bicyclic) bond motifs is 3. The lowest BCUT2D eigenvalue weighted by molar-refractivity contribution is -0.263. The van der Waals surface area contributed by atoms with E-state index >= 15 is 0 Å². The van der Waals surface area contributed by atoms with Crippen molar-refractivity contribution in [2.24, 2.45) is 62.4 Å². The third-order valence-electron chi connectivity index (χ3n) is 14.3. The zero-order chi connectivity index (χ0) is 34.2. The van der Waals surface area contributed by atoms with E-state index in [1.807, 2.05) is 6.92 Å². The Hall–Kier alpha value is -2.46. The van der Waals surface area contributed by atoms with Crippen LogP contribution in [0, 0.1) is 56.7 Å². The zero-order valence-corrected chi connectivity index (χ0v) is 28.9. The first-order valence-corrected chi connectivity index (χ1v) is 17.1. The molecule has 0 amide bonds. The highest BCUT2D eigenvalue weighted by Gasteiger charge is 2.72. The van der Waals surface area contributed by atoms with Crippen molar-refractivity contribution in [1.29, 1.82) is 0 Å². The van der Waals surface area contributed by atoms with E-state index in [2.05, 4.69) is 47.6 Å². The molecule has 4 aliphatic carbocycles. The first-order chi connectivity index (χ1) is 21.3. The predicted molar refractivity (Wildman–Crippen MR) is 169 cm³/mol. The van der Waals surface area contributed by atoms with Gasteiger partial charge in [0, 0.05) is 17.8 Å². The molecule has 2 bridgehead atoms. The summed E-state index contributed by atoms with van der Waals surface area (Å²) in [6.45, 7) is 17.4. The number of carbonyl (C=O) groups is 4. The molecule has 1 aliphatic heterocycles. The van der Waals surface area contributed by atoms with E-state index < -0.39 is 70.7 Å². The minimum Gasteiger partial charge on any atom is -0.481 e. The van der Waals surface area contributed by atoms with Gasteiger partial charge in [0.25, 0.3) is 0 Å². The molecule has 5 aliphatic rings. The van der Waals surface area contributed by atoms with Crippen LogP contribution >= 0.6 is 0 Å². The van der Waals surface area contributed by atoms with Crippen LogP contribution in [0.1, 0.15) is 100 Å². The number of hydrogen-bond acceptors (Lipinski definition) is 8. The zero-order valence-electron chi connectivity index (χ0n) is 28.9. The quantitative estimate of drug-likeness (QED) is 0.236. The van der Waals surface area contributed by atoms with Crippen molar-refractivity contribution >= 4 is 23.9 Å². The summed E-state index contributed by atoms with van der Waals surface area (Å²) in [6.07, 6.45) is 4.64. The van der Waals surface area contributed by atoms with Crippen LogP contribution in [0.3, 0.4) is 0 Å². The highest BCUT2D eigenvalue weighted by Crippen LogP contribution is 2.75. The number of nitrogens with two attached hydrogens (primary N) is 1. The summed E-state index contributed by atoms with van der Waals surface area (Å²) in [7, 11) is 0. The number of ether oxygens (including phenoxy) is 3. The van der Waals surface area contributed by atoms with Crippen LogP contribution in [0.15, 0.2) is 11.6 Å². The molecule has 12 atom stereocenters. The van der Waals surface area contributed by atoms with Crippen LogP contribution in [0.5, 0.6) is 0 Å². The maximum atomic E-state index is 13.3. The third-order valence-corrected chi connectivity index (χ3v) is 14.3. The number of esters is 2. The monoisotopic (exact) mass is 645 g/mol. The second-order valence-corrected chi connectivity index (χ2v) is 16.8. The van der Waals surface area contributed by atoms with Gasteiger partial charge in [0.05, 0.1) is 25.6 Å². The number of rotatable bonds is 8. The largest absolute Gasteiger partial charge is 0.481 e. The van der Waals surface area contributed by atoms with E-state index in [-0.39, 0.29) is 28.6 Å². The Morgan fingerprint density at radius 1 is 1.00 bits per heavy atom. The van der Waals surface area contributed by atoms with Gasteiger partial charge in [-0.05, 0) is 78.4 Å². The van der Waals surface area contributed by atoms with Gasteiger partial charge in [0.1, 0.15) is 18.2 Å². The first kappa shape index (κ1) is 34.9. The summed E-state index contributed by atoms with van der Waals surface area (Å²) in [5.41, 5.74) is 4.91. The summed E-state index contributed by atoms with van der Waals surface area (Å²) in [5.74, 6) is -2.95. The Morgan fingerprint density at radius 3 is 2.26 bits per heavy atom. The fourth-order valence-electron chi connectivity index (χ4n) is 11.6. The molecule has 10 nitrogen and oxygen atoms in total. The Labute approximate surface area is 273 Å². The lowest BCUT2D eigenvalue weighted by atomic mass is 9.34. The van der Waals surface area contributed by atoms with Crippen LogP contribution in [0.4, 0.5) is 0 Å². The maximum absolute atomic E-state index is 13.3. The van der Waals surface area contributed by atoms with Crippen LogP contribution in [0.25, 0.3) is 0 Å². The SMILES string of the molecule is CC(=O)O[C@@H]1C[C@]23COC[C@](C)([C@@H]2CC[C@H]2C3=CC[C@@]3(C)[C@H](C(=O)O)[C@@](C)(C(C)C(C)C)CC[C@]23C)[C@H]1OC(=O)C(N)CC(=O)O. The van der Waals surface area contributed by atoms with Crippen molar-refractivity contribution in [1.82, 2.24) is 0 Å². The van der Waals surface area contributed by atoms with Gasteiger partial charge in [-0.15, -0.1) is 0 Å². The number of aliphatic carboxylic acids is 2. The summed E-state index contributed by atoms with van der Waals surface area (Å²) in [4.78, 5) is 50.1. The molecule has 3 saturated carbocycles. The van der Waals surface area contributed by atoms with Gasteiger partial charge < -0.3 is 30.2 Å². The molecule has 2 unspecified atom stereocenters. The fraction of sp³-hybridized carbons (Fsp3) is 0.833. The van der Waals surface area contributed by atoms with Gasteiger partial charge in [0.15, 0.2) is 0 Å². The summed E-state index contributed by atoms with van der Waals surface area (Å²) >= 11 is 0. The van der Waals surface area contributed by atoms with Crippen molar-refractivity contribution in [2.45, 2.75) is 119 Å². The van der Waals surface area contributed by atoms with E-state index in [1.54, 1.807) is 0 Å². The van der Waals surface area contributed by atoms with Gasteiger partial charge in [0.2, 0.25) is 0 Å². The summed E-state index contributed by atoms with van der Waals surface area (Å²) < 4.78 is 18.3. The molecule has 1 heterocycles. The van der Waals surface area contributed by atoms with Crippen molar-refractivity contribution in [3.05, 3.63) is 11.6 Å². The molecule has 258 valence electrons. The second kappa shape index (κ2) is 11.6. The molecule has 0 radical (unpaired) electrons. The molecule has 4 N–H and O–H groups in total. The van der Waals surface area contributed by atoms with Crippen molar-refractivity contribution in [3.8, 4) is 0 Å². The molecule has 10 heteroatoms. The highest BCUT2D eigenvalue weighted by molar-refractivity contribution is 5.82. The van der Waals surface area contributed by atoms with Gasteiger partial charge >= 0.3 is 23.9 Å². The van der Waals surface area contributed by atoms with Crippen LogP contribution in [-0.2, 0) is 33.4 Å². The Bertz CT molecular complexity index is 1310. The highest BCUT2D eigenvalue weighted by atomic mass is 16.6. The lowest BCUT2D eigenvalue weighted by Gasteiger charge is -2.71. The van der Waals surface area contributed by atoms with Crippen LogP contribution in [-0.4, -0.2) is 65.6 Å². The minimum absolute atomic E-state index is 0.0506. The number of hydrogen-bond donors (Lipinski definition) is 3. The van der Waals surface area contributed by atoms with Crippen LogP contribution < -0.4 is 5.73 Å². The third kappa shape index (κ3) is 4.94. The van der Waals surface area contributed by atoms with E-state index in [0.717, 1.165) is 25.7 Å². The number of allylic oxidation sites excluding steroid dienone is 1. The second-order valence-electron chi connectivity index (χ2n) is 16.8. The topological polar surface area (TPSA) is 162 Å². The van der Waals surface area contributed by atoms with E-state index in [0.29, 0.717) is 32.0 Å². The van der Waals surface area contributed by atoms with Gasteiger partial charge in [-0.1, -0.05) is 60.1 Å². The molecular formula is C36H55NO9. The number of carbonyl (C=O) groups excluding carboxylic acids is 2. The molecule has 0 aromatic heterocycles. The number of carboxylic acids is 2. The molecule has 5 rings (SSSR count). The van der Waals surface area contributed by atoms with Crippen molar-refractivity contribution < 1.29 is 43.6 Å². The van der Waals surface area contributed by atoms with E-state index in [9.17, 15) is 29.4 Å².